The van der Waals surface area contributed by atoms with Crippen LogP contribution < -0.4 is 10.6 Å². The van der Waals surface area contributed by atoms with E-state index in [1.807, 2.05) is 6.08 Å². The normalized spacial score (nSPS) is 14.8. The summed E-state index contributed by atoms with van der Waals surface area (Å²) >= 11 is 0. The maximum atomic E-state index is 10.8. The number of allylic oxidation sites excluding steroid dienone is 3. The molecule has 2 N–H and O–H groups in total. The van der Waals surface area contributed by atoms with Crippen molar-refractivity contribution in [3.05, 3.63) is 53.7 Å². The van der Waals surface area contributed by atoms with Crippen LogP contribution in [-0.2, 0) is 4.57 Å². The molecule has 0 saturated carbocycles. The zero-order chi connectivity index (χ0) is 13.0. The van der Waals surface area contributed by atoms with Gasteiger partial charge in [0, 0.05) is 17.5 Å². The van der Waals surface area contributed by atoms with Gasteiger partial charge in [-0.25, -0.2) is 0 Å². The molecule has 2 rings (SSSR count). The van der Waals surface area contributed by atoms with Gasteiger partial charge < -0.3 is 10.8 Å². The lowest BCUT2D eigenvalue weighted by atomic mass is 10.1. The van der Waals surface area contributed by atoms with E-state index in [0.717, 1.165) is 11.4 Å². The minimum atomic E-state index is -2.29. The second-order valence-corrected chi connectivity index (χ2v) is 4.80. The van der Waals surface area contributed by atoms with Crippen molar-refractivity contribution >= 4 is 24.7 Å². The predicted molar refractivity (Wildman–Crippen MR) is 70.0 cm³/mol. The summed E-state index contributed by atoms with van der Waals surface area (Å²) in [6.45, 7) is 0. The van der Waals surface area contributed by atoms with E-state index in [4.69, 9.17) is 10.4 Å². The third kappa shape index (κ3) is 2.99. The summed E-state index contributed by atoms with van der Waals surface area (Å²) in [7, 11) is -2.29. The molecule has 1 unspecified atom stereocenters. The Hall–Kier alpha value is -2.06. The fourth-order valence-corrected chi connectivity index (χ4v) is 1.95. The Bertz CT molecular complexity index is 584. The van der Waals surface area contributed by atoms with E-state index in [1.165, 1.54) is 0 Å². The topological polar surface area (TPSA) is 85.7 Å². The van der Waals surface area contributed by atoms with Gasteiger partial charge in [0.2, 0.25) is 5.30 Å². The smallest absolute Gasteiger partial charge is 0.361 e. The van der Waals surface area contributed by atoms with Crippen LogP contribution in [0.2, 0.25) is 0 Å². The summed E-state index contributed by atoms with van der Waals surface area (Å²) in [5.74, 6) is 0. The number of nitrogens with zero attached hydrogens (tertiary/aromatic N) is 2. The van der Waals surface area contributed by atoms with Crippen LogP contribution in [0.1, 0.15) is 6.42 Å². The van der Waals surface area contributed by atoms with Gasteiger partial charge in [0.1, 0.15) is 0 Å². The molecule has 1 aromatic rings. The highest BCUT2D eigenvalue weighted by molar-refractivity contribution is 7.47. The summed E-state index contributed by atoms with van der Waals surface area (Å²) in [5, 5.41) is 3.55. The lowest BCUT2D eigenvalue weighted by molar-refractivity contribution is -0.00540. The third-order valence-corrected chi connectivity index (χ3v) is 3.23. The quantitative estimate of drug-likeness (QED) is 0.495. The molecule has 0 spiro atoms. The molecule has 0 aromatic heterocycles. The molecule has 0 aliphatic heterocycles. The largest absolute Gasteiger partial charge is 0.546 e. The van der Waals surface area contributed by atoms with Gasteiger partial charge in [-0.15, -0.1) is 0 Å². The van der Waals surface area contributed by atoms with Gasteiger partial charge in [0.05, 0.1) is 6.42 Å². The maximum absolute atomic E-state index is 10.8. The monoisotopic (exact) mass is 260 g/mol. The van der Waals surface area contributed by atoms with Crippen molar-refractivity contribution in [3.8, 4) is 0 Å². The molecular weight excluding hydrogens is 249 g/mol. The van der Waals surface area contributed by atoms with Crippen LogP contribution >= 0.6 is 8.03 Å². The minimum absolute atomic E-state index is 0.401. The second kappa shape index (κ2) is 5.52. The number of hydrogen-bond acceptors (Lipinski definition) is 2. The lowest BCUT2D eigenvalue weighted by Gasteiger charge is -2.08. The molecule has 5 nitrogen and oxygen atoms in total. The Balaban J connectivity index is 2.07. The van der Waals surface area contributed by atoms with E-state index >= 15 is 0 Å². The number of rotatable bonds is 3. The predicted octanol–water partition coefficient (Wildman–Crippen LogP) is 1.97. The van der Waals surface area contributed by atoms with Crippen molar-refractivity contribution in [2.24, 2.45) is 0 Å². The Morgan fingerprint density at radius 2 is 2.00 bits per heavy atom. The molecule has 1 aliphatic carbocycles. The van der Waals surface area contributed by atoms with Crippen molar-refractivity contribution in [3.63, 3.8) is 0 Å². The lowest BCUT2D eigenvalue weighted by Crippen LogP contribution is -2.05. The first-order valence-corrected chi connectivity index (χ1v) is 6.52. The number of benzene rings is 1. The third-order valence-electron chi connectivity index (χ3n) is 2.49. The first-order chi connectivity index (χ1) is 8.69. The van der Waals surface area contributed by atoms with Gasteiger partial charge in [-0.05, 0) is 41.0 Å². The first kappa shape index (κ1) is 12.4. The molecule has 6 heteroatoms. The van der Waals surface area contributed by atoms with Crippen LogP contribution in [-0.4, -0.2) is 15.4 Å². The summed E-state index contributed by atoms with van der Waals surface area (Å²) in [4.78, 5) is 12.0. The fraction of sp³-hybridized carbons (Fsp3) is 0.0833. The molecule has 1 aromatic carbocycles. The average molecular weight is 260 g/mol. The molecule has 0 heterocycles. The molecule has 18 heavy (non-hydrogen) atoms. The molecule has 90 valence electrons. The second-order valence-electron chi connectivity index (χ2n) is 3.73. The minimum Gasteiger partial charge on any atom is -0.361 e. The van der Waals surface area contributed by atoms with Gasteiger partial charge in [0.25, 0.3) is 5.71 Å². The zero-order valence-electron chi connectivity index (χ0n) is 9.45. The van der Waals surface area contributed by atoms with Gasteiger partial charge in [0.15, 0.2) is 0 Å². The molecule has 0 amide bonds. The highest BCUT2D eigenvalue weighted by Gasteiger charge is 2.15. The Morgan fingerprint density at radius 3 is 2.50 bits per heavy atom. The number of hydrogen-bond donors (Lipinski definition) is 2. The summed E-state index contributed by atoms with van der Waals surface area (Å²) < 4.78 is 10.8. The van der Waals surface area contributed by atoms with Gasteiger partial charge in [-0.3, -0.25) is 0 Å². The van der Waals surface area contributed by atoms with Crippen LogP contribution in [0.25, 0.3) is 5.53 Å². The Kier molecular flexibility index (Phi) is 3.80. The Labute approximate surface area is 105 Å². The van der Waals surface area contributed by atoms with E-state index in [9.17, 15) is 4.57 Å². The van der Waals surface area contributed by atoms with E-state index in [0.29, 0.717) is 17.4 Å². The van der Waals surface area contributed by atoms with E-state index < -0.39 is 8.03 Å². The first-order valence-electron chi connectivity index (χ1n) is 5.31. The standard InChI is InChI=1S/C12H10N3O2P/c13-15-11-3-1-9(2-4-11)14-10-5-7-12(8-6-10)18(16)17/h1-3,5-8,14H,4H2/p+1. The number of anilines is 1. The van der Waals surface area contributed by atoms with Crippen molar-refractivity contribution in [2.45, 2.75) is 6.42 Å². The van der Waals surface area contributed by atoms with Crippen molar-refractivity contribution in [1.82, 2.24) is 0 Å². The van der Waals surface area contributed by atoms with Crippen LogP contribution in [0.4, 0.5) is 5.69 Å². The SMILES string of the molecule is [N-]=[N+]=C1C=CC(Nc2ccc([P+](=O)O)cc2)=CC1. The number of nitrogens with one attached hydrogen (secondary N) is 1. The van der Waals surface area contributed by atoms with Gasteiger partial charge in [-0.1, -0.05) is 0 Å². The molecule has 0 bridgehead atoms. The zero-order valence-corrected chi connectivity index (χ0v) is 10.3. The molecule has 0 radical (unpaired) electrons. The highest BCUT2D eigenvalue weighted by Crippen LogP contribution is 2.17. The molecule has 1 aliphatic rings. The molecule has 1 atom stereocenters. The van der Waals surface area contributed by atoms with Crippen LogP contribution in [0.15, 0.2) is 48.2 Å². The van der Waals surface area contributed by atoms with Crippen LogP contribution in [0.3, 0.4) is 0 Å². The van der Waals surface area contributed by atoms with E-state index in [-0.39, 0.29) is 0 Å². The summed E-state index contributed by atoms with van der Waals surface area (Å²) in [6.07, 6.45) is 5.99. The fourth-order valence-electron chi connectivity index (χ4n) is 1.54. The molecule has 0 saturated heterocycles. The van der Waals surface area contributed by atoms with Crippen molar-refractivity contribution < 1.29 is 14.2 Å². The van der Waals surface area contributed by atoms with Crippen molar-refractivity contribution in [2.75, 3.05) is 5.32 Å². The van der Waals surface area contributed by atoms with Crippen molar-refractivity contribution in [1.29, 1.82) is 0 Å². The van der Waals surface area contributed by atoms with Gasteiger partial charge >= 0.3 is 8.03 Å². The summed E-state index contributed by atoms with van der Waals surface area (Å²) in [5.41, 5.74) is 10.9. The summed E-state index contributed by atoms with van der Waals surface area (Å²) in [6, 6.07) is 6.69. The van der Waals surface area contributed by atoms with Crippen LogP contribution in [0, 0.1) is 0 Å². The molecule has 0 fully saturated rings. The van der Waals surface area contributed by atoms with Crippen LogP contribution in [0.5, 0.6) is 0 Å². The van der Waals surface area contributed by atoms with Gasteiger partial charge in [-0.2, -0.15) is 9.68 Å². The van der Waals surface area contributed by atoms with E-state index in [2.05, 4.69) is 10.1 Å². The molecular formula is C12H11N3O2P+. The average Bonchev–Trinajstić information content (AvgIpc) is 2.40. The Morgan fingerprint density at radius 1 is 1.28 bits per heavy atom. The highest BCUT2D eigenvalue weighted by atomic mass is 31.1. The maximum Gasteiger partial charge on any atom is 0.546 e. The van der Waals surface area contributed by atoms with E-state index in [1.54, 1.807) is 36.4 Å².